The van der Waals surface area contributed by atoms with Crippen molar-refractivity contribution in [3.05, 3.63) is 52.5 Å². The summed E-state index contributed by atoms with van der Waals surface area (Å²) < 4.78 is 15.6. The van der Waals surface area contributed by atoms with E-state index in [-0.39, 0.29) is 12.1 Å². The predicted octanol–water partition coefficient (Wildman–Crippen LogP) is 2.25. The Bertz CT molecular complexity index is 861. The molecule has 0 aromatic heterocycles. The maximum Gasteiger partial charge on any atom is 0.259 e. The van der Waals surface area contributed by atoms with E-state index >= 15 is 0 Å². The van der Waals surface area contributed by atoms with Crippen LogP contribution in [0.1, 0.15) is 15.9 Å². The molecule has 2 rings (SSSR count). The largest absolute Gasteiger partial charge is 0.493 e. The molecule has 0 atom stereocenters. The molecule has 0 heterocycles. The van der Waals surface area contributed by atoms with Gasteiger partial charge in [-0.2, -0.15) is 5.10 Å². The number of nitrogens with zero attached hydrogens (tertiary/aromatic N) is 1. The van der Waals surface area contributed by atoms with Gasteiger partial charge in [-0.25, -0.2) is 5.43 Å². The van der Waals surface area contributed by atoms with Crippen LogP contribution in [0.3, 0.4) is 0 Å². The molecule has 2 aromatic carbocycles. The standard InChI is InChI=1S/C19H20ClN3O5/c1-26-15-8-13(9-16(27-2)18(15)28-3)19(25)21-11-17(24)23-22-10-12-6-4-5-7-14(12)20/h4-10H,11H2,1-3H3,(H,21,25)(H,23,24). The molecule has 0 spiro atoms. The average Bonchev–Trinajstić information content (AvgIpc) is 2.72. The zero-order valence-electron chi connectivity index (χ0n) is 15.6. The van der Waals surface area contributed by atoms with E-state index in [0.717, 1.165) is 0 Å². The second kappa shape index (κ2) is 10.2. The lowest BCUT2D eigenvalue weighted by Gasteiger charge is -2.14. The summed E-state index contributed by atoms with van der Waals surface area (Å²) in [6, 6.07) is 10.0. The lowest BCUT2D eigenvalue weighted by molar-refractivity contribution is -0.120. The number of benzene rings is 2. The van der Waals surface area contributed by atoms with Gasteiger partial charge in [-0.3, -0.25) is 9.59 Å². The number of rotatable bonds is 8. The second-order valence-electron chi connectivity index (χ2n) is 5.41. The molecule has 0 saturated heterocycles. The van der Waals surface area contributed by atoms with Gasteiger partial charge in [0.15, 0.2) is 11.5 Å². The number of amides is 2. The topological polar surface area (TPSA) is 98.2 Å². The number of hydrogen-bond donors (Lipinski definition) is 2. The quantitative estimate of drug-likeness (QED) is 0.518. The second-order valence-corrected chi connectivity index (χ2v) is 5.82. The van der Waals surface area contributed by atoms with E-state index in [1.165, 1.54) is 39.7 Å². The summed E-state index contributed by atoms with van der Waals surface area (Å²) >= 11 is 5.99. The molecule has 0 radical (unpaired) electrons. The van der Waals surface area contributed by atoms with Crippen LogP contribution in [0.15, 0.2) is 41.5 Å². The van der Waals surface area contributed by atoms with Crippen molar-refractivity contribution in [1.29, 1.82) is 0 Å². The number of nitrogens with one attached hydrogen (secondary N) is 2. The van der Waals surface area contributed by atoms with Crippen molar-refractivity contribution in [3.8, 4) is 17.2 Å². The summed E-state index contributed by atoms with van der Waals surface area (Å²) in [6.45, 7) is -0.268. The number of hydrogen-bond acceptors (Lipinski definition) is 6. The van der Waals surface area contributed by atoms with Crippen LogP contribution >= 0.6 is 11.6 Å². The van der Waals surface area contributed by atoms with Crippen LogP contribution in [0.2, 0.25) is 5.02 Å². The van der Waals surface area contributed by atoms with E-state index in [2.05, 4.69) is 15.8 Å². The molecule has 148 valence electrons. The fourth-order valence-electron chi connectivity index (χ4n) is 2.27. The molecule has 0 unspecified atom stereocenters. The number of carbonyl (C=O) groups excluding carboxylic acids is 2. The van der Waals surface area contributed by atoms with Crippen LogP contribution in [0.5, 0.6) is 17.2 Å². The normalized spacial score (nSPS) is 10.4. The zero-order valence-corrected chi connectivity index (χ0v) is 16.4. The molecule has 0 fully saturated rings. The van der Waals surface area contributed by atoms with E-state index in [1.54, 1.807) is 24.3 Å². The Kier molecular flexibility index (Phi) is 7.65. The van der Waals surface area contributed by atoms with Gasteiger partial charge in [-0.1, -0.05) is 29.8 Å². The summed E-state index contributed by atoms with van der Waals surface area (Å²) in [5, 5.41) is 6.82. The van der Waals surface area contributed by atoms with Crippen LogP contribution in [0.25, 0.3) is 0 Å². The maximum atomic E-state index is 12.3. The van der Waals surface area contributed by atoms with E-state index in [9.17, 15) is 9.59 Å². The summed E-state index contributed by atoms with van der Waals surface area (Å²) in [5.41, 5.74) is 3.23. The average molecular weight is 406 g/mol. The third-order valence-electron chi connectivity index (χ3n) is 3.63. The molecule has 9 heteroatoms. The number of halogens is 1. The monoisotopic (exact) mass is 405 g/mol. The molecular formula is C19H20ClN3O5. The van der Waals surface area contributed by atoms with Crippen molar-refractivity contribution in [2.45, 2.75) is 0 Å². The highest BCUT2D eigenvalue weighted by molar-refractivity contribution is 6.33. The van der Waals surface area contributed by atoms with Gasteiger partial charge in [0.2, 0.25) is 5.75 Å². The van der Waals surface area contributed by atoms with Crippen molar-refractivity contribution in [2.24, 2.45) is 5.10 Å². The molecule has 2 aromatic rings. The summed E-state index contributed by atoms with van der Waals surface area (Å²) in [6.07, 6.45) is 1.42. The van der Waals surface area contributed by atoms with Gasteiger partial charge >= 0.3 is 0 Å². The van der Waals surface area contributed by atoms with Crippen molar-refractivity contribution < 1.29 is 23.8 Å². The van der Waals surface area contributed by atoms with Gasteiger partial charge < -0.3 is 19.5 Å². The molecule has 28 heavy (non-hydrogen) atoms. The summed E-state index contributed by atoms with van der Waals surface area (Å²) in [5.74, 6) is 0.0587. The highest BCUT2D eigenvalue weighted by Gasteiger charge is 2.17. The molecule has 0 saturated carbocycles. The molecule has 2 amide bonds. The molecule has 2 N–H and O–H groups in total. The van der Waals surface area contributed by atoms with Crippen LogP contribution in [0.4, 0.5) is 0 Å². The van der Waals surface area contributed by atoms with Gasteiger partial charge in [-0.05, 0) is 18.2 Å². The van der Waals surface area contributed by atoms with Gasteiger partial charge in [0.25, 0.3) is 11.8 Å². The third-order valence-corrected chi connectivity index (χ3v) is 3.98. The number of carbonyl (C=O) groups is 2. The number of ether oxygens (including phenoxy) is 3. The van der Waals surface area contributed by atoms with Crippen molar-refractivity contribution in [1.82, 2.24) is 10.7 Å². The van der Waals surface area contributed by atoms with Crippen molar-refractivity contribution in [3.63, 3.8) is 0 Å². The molecule has 8 nitrogen and oxygen atoms in total. The van der Waals surface area contributed by atoms with Crippen molar-refractivity contribution in [2.75, 3.05) is 27.9 Å². The Labute approximate surface area is 167 Å². The minimum atomic E-state index is -0.496. The Morgan fingerprint density at radius 2 is 1.71 bits per heavy atom. The maximum absolute atomic E-state index is 12.3. The zero-order chi connectivity index (χ0) is 20.5. The van der Waals surface area contributed by atoms with E-state index in [0.29, 0.717) is 27.8 Å². The highest BCUT2D eigenvalue weighted by Crippen LogP contribution is 2.38. The Balaban J connectivity index is 1.96. The fourth-order valence-corrected chi connectivity index (χ4v) is 2.45. The third kappa shape index (κ3) is 5.37. The summed E-state index contributed by atoms with van der Waals surface area (Å²) in [4.78, 5) is 24.2. The van der Waals surface area contributed by atoms with Crippen LogP contribution < -0.4 is 25.0 Å². The number of hydrazone groups is 1. The van der Waals surface area contributed by atoms with Gasteiger partial charge in [0.05, 0.1) is 34.1 Å². The molecule has 0 aliphatic heterocycles. The first-order chi connectivity index (χ1) is 13.5. The number of methoxy groups -OCH3 is 3. The minimum Gasteiger partial charge on any atom is -0.493 e. The van der Waals surface area contributed by atoms with Gasteiger partial charge in [-0.15, -0.1) is 0 Å². The van der Waals surface area contributed by atoms with E-state index in [1.807, 2.05) is 0 Å². The van der Waals surface area contributed by atoms with E-state index in [4.69, 9.17) is 25.8 Å². The Morgan fingerprint density at radius 1 is 1.07 bits per heavy atom. The Morgan fingerprint density at radius 3 is 2.29 bits per heavy atom. The Hall–Kier alpha value is -3.26. The fraction of sp³-hybridized carbons (Fsp3) is 0.211. The van der Waals surface area contributed by atoms with Crippen LogP contribution in [0, 0.1) is 0 Å². The van der Waals surface area contributed by atoms with Gasteiger partial charge in [0, 0.05) is 16.1 Å². The molecule has 0 aliphatic rings. The highest BCUT2D eigenvalue weighted by atomic mass is 35.5. The first kappa shape index (κ1) is 21.0. The SMILES string of the molecule is COc1cc(C(=O)NCC(=O)NN=Cc2ccccc2Cl)cc(OC)c1OC. The molecule has 0 bridgehead atoms. The van der Waals surface area contributed by atoms with Crippen molar-refractivity contribution >= 4 is 29.6 Å². The first-order valence-corrected chi connectivity index (χ1v) is 8.52. The smallest absolute Gasteiger partial charge is 0.259 e. The molecule has 0 aliphatic carbocycles. The minimum absolute atomic E-state index is 0.252. The van der Waals surface area contributed by atoms with E-state index < -0.39 is 11.8 Å². The lowest BCUT2D eigenvalue weighted by atomic mass is 10.1. The van der Waals surface area contributed by atoms with Crippen LogP contribution in [-0.2, 0) is 4.79 Å². The summed E-state index contributed by atoms with van der Waals surface area (Å²) in [7, 11) is 4.36. The lowest BCUT2D eigenvalue weighted by Crippen LogP contribution is -2.35. The molecular weight excluding hydrogens is 386 g/mol. The predicted molar refractivity (Wildman–Crippen MR) is 106 cm³/mol. The van der Waals surface area contributed by atoms with Crippen LogP contribution in [-0.4, -0.2) is 45.9 Å². The van der Waals surface area contributed by atoms with Gasteiger partial charge in [0.1, 0.15) is 0 Å². The first-order valence-electron chi connectivity index (χ1n) is 8.14.